The third-order valence-corrected chi connectivity index (χ3v) is 3.53. The number of rotatable bonds is 5. The molecule has 0 bridgehead atoms. The molecule has 0 radical (unpaired) electrons. The molecule has 0 spiro atoms. The molecule has 0 saturated carbocycles. The van der Waals surface area contributed by atoms with E-state index in [0.29, 0.717) is 19.0 Å². The van der Waals surface area contributed by atoms with Gasteiger partial charge in [0, 0.05) is 11.6 Å². The summed E-state index contributed by atoms with van der Waals surface area (Å²) in [6, 6.07) is 5.14. The van der Waals surface area contributed by atoms with Crippen LogP contribution in [0.1, 0.15) is 11.6 Å². The van der Waals surface area contributed by atoms with Gasteiger partial charge in [0.25, 0.3) is 0 Å². The molecule has 2 rings (SSSR count). The topological polar surface area (TPSA) is 73.9 Å². The second-order valence-electron chi connectivity index (χ2n) is 4.60. The maximum Gasteiger partial charge on any atom is 0.123 e. The number of benzene rings is 1. The van der Waals surface area contributed by atoms with Crippen LogP contribution in [0.3, 0.4) is 0 Å². The second kappa shape index (κ2) is 5.14. The number of nitrogens with two attached hydrogens (primary N) is 1. The molecule has 1 aliphatic heterocycles. The van der Waals surface area contributed by atoms with Crippen molar-refractivity contribution < 1.29 is 19.3 Å². The molecule has 18 heavy (non-hydrogen) atoms. The van der Waals surface area contributed by atoms with Gasteiger partial charge in [0.2, 0.25) is 0 Å². The molecule has 100 valence electrons. The highest BCUT2D eigenvalue weighted by molar-refractivity contribution is 5.43. The van der Waals surface area contributed by atoms with Crippen LogP contribution in [0.15, 0.2) is 18.2 Å². The van der Waals surface area contributed by atoms with Gasteiger partial charge in [-0.1, -0.05) is 0 Å². The normalized spacial score (nSPS) is 18.9. The maximum atomic E-state index is 9.53. The van der Waals surface area contributed by atoms with Crippen molar-refractivity contribution in [1.29, 1.82) is 0 Å². The molecule has 1 unspecified atom stereocenters. The zero-order valence-electron chi connectivity index (χ0n) is 10.7. The molecular weight excluding hydrogens is 234 g/mol. The van der Waals surface area contributed by atoms with Crippen molar-refractivity contribution in [3.8, 4) is 11.5 Å². The Morgan fingerprint density at radius 1 is 1.39 bits per heavy atom. The fraction of sp³-hybridized carbons (Fsp3) is 0.538. The van der Waals surface area contributed by atoms with Crippen molar-refractivity contribution >= 4 is 0 Å². The summed E-state index contributed by atoms with van der Waals surface area (Å²) in [6.45, 7) is 0.921. The molecule has 1 heterocycles. The van der Waals surface area contributed by atoms with E-state index in [1.54, 1.807) is 14.2 Å². The molecule has 0 aromatic heterocycles. The first kappa shape index (κ1) is 13.1. The van der Waals surface area contributed by atoms with Crippen molar-refractivity contribution in [2.24, 2.45) is 11.1 Å². The van der Waals surface area contributed by atoms with Crippen LogP contribution < -0.4 is 15.2 Å². The van der Waals surface area contributed by atoms with Crippen LogP contribution in [-0.2, 0) is 4.74 Å². The highest BCUT2D eigenvalue weighted by Gasteiger charge is 2.45. The van der Waals surface area contributed by atoms with Gasteiger partial charge in [0.1, 0.15) is 11.5 Å². The highest BCUT2D eigenvalue weighted by atomic mass is 16.5. The van der Waals surface area contributed by atoms with Crippen LogP contribution in [0, 0.1) is 5.41 Å². The average Bonchev–Trinajstić information content (AvgIpc) is 2.37. The quantitative estimate of drug-likeness (QED) is 0.808. The van der Waals surface area contributed by atoms with Gasteiger partial charge in [-0.15, -0.1) is 0 Å². The van der Waals surface area contributed by atoms with Crippen LogP contribution in [0.4, 0.5) is 0 Å². The number of aliphatic hydroxyl groups is 1. The van der Waals surface area contributed by atoms with Gasteiger partial charge in [-0.05, 0) is 18.2 Å². The first-order valence-electron chi connectivity index (χ1n) is 5.83. The van der Waals surface area contributed by atoms with Gasteiger partial charge < -0.3 is 25.1 Å². The summed E-state index contributed by atoms with van der Waals surface area (Å²) < 4.78 is 15.7. The smallest absolute Gasteiger partial charge is 0.123 e. The third kappa shape index (κ3) is 2.05. The highest BCUT2D eigenvalue weighted by Crippen LogP contribution is 2.42. The van der Waals surface area contributed by atoms with Crippen molar-refractivity contribution in [3.63, 3.8) is 0 Å². The SMILES string of the molecule is COc1ccc(OC)c(C(N)C2(CO)COC2)c1. The predicted octanol–water partition coefficient (Wildman–Crippen LogP) is 0.712. The van der Waals surface area contributed by atoms with E-state index in [9.17, 15) is 5.11 Å². The summed E-state index contributed by atoms with van der Waals surface area (Å²) in [5, 5.41) is 9.53. The van der Waals surface area contributed by atoms with Gasteiger partial charge in [-0.25, -0.2) is 0 Å². The summed E-state index contributed by atoms with van der Waals surface area (Å²) in [6.07, 6.45) is 0. The predicted molar refractivity (Wildman–Crippen MR) is 66.8 cm³/mol. The zero-order valence-corrected chi connectivity index (χ0v) is 10.7. The number of aliphatic hydroxyl groups excluding tert-OH is 1. The largest absolute Gasteiger partial charge is 0.497 e. The first-order valence-corrected chi connectivity index (χ1v) is 5.83. The average molecular weight is 253 g/mol. The Kier molecular flexibility index (Phi) is 3.75. The monoisotopic (exact) mass is 253 g/mol. The molecule has 0 amide bonds. The minimum atomic E-state index is -0.417. The Labute approximate surface area is 106 Å². The molecule has 1 saturated heterocycles. The summed E-state index contributed by atoms with van der Waals surface area (Å²) in [5.74, 6) is 1.41. The Morgan fingerprint density at radius 2 is 2.11 bits per heavy atom. The lowest BCUT2D eigenvalue weighted by Crippen LogP contribution is -2.52. The molecular formula is C13H19NO4. The van der Waals surface area contributed by atoms with E-state index in [0.717, 1.165) is 11.3 Å². The number of hydrogen-bond acceptors (Lipinski definition) is 5. The molecule has 5 nitrogen and oxygen atoms in total. The number of ether oxygens (including phenoxy) is 3. The Bertz CT molecular complexity index is 412. The molecule has 1 aromatic rings. The molecule has 3 N–H and O–H groups in total. The molecule has 1 fully saturated rings. The summed E-state index contributed by atoms with van der Waals surface area (Å²) in [7, 11) is 3.20. The lowest BCUT2D eigenvalue weighted by molar-refractivity contribution is -0.150. The van der Waals surface area contributed by atoms with Crippen molar-refractivity contribution in [2.75, 3.05) is 34.0 Å². The van der Waals surface area contributed by atoms with Crippen molar-refractivity contribution in [1.82, 2.24) is 0 Å². The Balaban J connectivity index is 2.35. The van der Waals surface area contributed by atoms with E-state index < -0.39 is 5.41 Å². The summed E-state index contributed by atoms with van der Waals surface area (Å²) in [4.78, 5) is 0. The van der Waals surface area contributed by atoms with E-state index in [1.165, 1.54) is 0 Å². The first-order chi connectivity index (χ1) is 8.66. The van der Waals surface area contributed by atoms with Gasteiger partial charge in [-0.3, -0.25) is 0 Å². The van der Waals surface area contributed by atoms with Gasteiger partial charge >= 0.3 is 0 Å². The maximum absolute atomic E-state index is 9.53. The minimum absolute atomic E-state index is 0.00543. The van der Waals surface area contributed by atoms with E-state index in [2.05, 4.69) is 0 Å². The Hall–Kier alpha value is -1.30. The van der Waals surface area contributed by atoms with Crippen LogP contribution in [0.2, 0.25) is 0 Å². The van der Waals surface area contributed by atoms with E-state index in [-0.39, 0.29) is 12.6 Å². The number of hydrogen-bond donors (Lipinski definition) is 2. The van der Waals surface area contributed by atoms with E-state index in [1.807, 2.05) is 18.2 Å². The van der Waals surface area contributed by atoms with Crippen molar-refractivity contribution in [3.05, 3.63) is 23.8 Å². The lowest BCUT2D eigenvalue weighted by atomic mass is 9.76. The standard InChI is InChI=1S/C13H19NO4/c1-16-9-3-4-11(17-2)10(5-9)12(14)13(6-15)7-18-8-13/h3-5,12,15H,6-8,14H2,1-2H3. The summed E-state index contributed by atoms with van der Waals surface area (Å²) in [5.41, 5.74) is 6.68. The van der Waals surface area contributed by atoms with Crippen LogP contribution >= 0.6 is 0 Å². The van der Waals surface area contributed by atoms with Crippen LogP contribution in [0.25, 0.3) is 0 Å². The molecule has 0 aliphatic carbocycles. The fourth-order valence-corrected chi connectivity index (χ4v) is 2.15. The molecule has 1 aromatic carbocycles. The Morgan fingerprint density at radius 3 is 2.56 bits per heavy atom. The second-order valence-corrected chi connectivity index (χ2v) is 4.60. The van der Waals surface area contributed by atoms with Gasteiger partial charge in [-0.2, -0.15) is 0 Å². The molecule has 1 atom stereocenters. The molecule has 5 heteroatoms. The van der Waals surface area contributed by atoms with E-state index >= 15 is 0 Å². The third-order valence-electron chi connectivity index (χ3n) is 3.53. The summed E-state index contributed by atoms with van der Waals surface area (Å²) >= 11 is 0. The fourth-order valence-electron chi connectivity index (χ4n) is 2.15. The lowest BCUT2D eigenvalue weighted by Gasteiger charge is -2.44. The molecule has 1 aliphatic rings. The van der Waals surface area contributed by atoms with Gasteiger partial charge in [0.05, 0.1) is 39.5 Å². The zero-order chi connectivity index (χ0) is 13.2. The van der Waals surface area contributed by atoms with Gasteiger partial charge in [0.15, 0.2) is 0 Å². The van der Waals surface area contributed by atoms with E-state index in [4.69, 9.17) is 19.9 Å². The van der Waals surface area contributed by atoms with Crippen molar-refractivity contribution in [2.45, 2.75) is 6.04 Å². The minimum Gasteiger partial charge on any atom is -0.497 e. The van der Waals surface area contributed by atoms with Crippen LogP contribution in [0.5, 0.6) is 11.5 Å². The van der Waals surface area contributed by atoms with Crippen LogP contribution in [-0.4, -0.2) is 39.1 Å². The number of methoxy groups -OCH3 is 2.